The highest BCUT2D eigenvalue weighted by atomic mass is 16.5. The number of nitrogens with zero attached hydrogens (tertiary/aromatic N) is 1. The molecule has 4 heteroatoms. The molecule has 0 bridgehead atoms. The van der Waals surface area contributed by atoms with Gasteiger partial charge < -0.3 is 5.32 Å². The minimum absolute atomic E-state index is 0.494. The van der Waals surface area contributed by atoms with Crippen LogP contribution in [-0.2, 0) is 6.42 Å². The lowest BCUT2D eigenvalue weighted by Crippen LogP contribution is -2.36. The van der Waals surface area contributed by atoms with Crippen molar-refractivity contribution in [2.75, 3.05) is 13.6 Å². The lowest BCUT2D eigenvalue weighted by molar-refractivity contribution is -0.0181. The SMILES string of the molecule is CN(O)C(=O)NCCc1ccc(-c2ccccc2)cc1. The number of hydroxylamine groups is 2. The number of carbonyl (C=O) groups excluding carboxylic acids is 1. The summed E-state index contributed by atoms with van der Waals surface area (Å²) in [5.41, 5.74) is 3.51. The summed E-state index contributed by atoms with van der Waals surface area (Å²) < 4.78 is 0. The molecule has 0 fully saturated rings. The standard InChI is InChI=1S/C16H18N2O2/c1-18(20)16(19)17-12-11-13-7-9-15(10-8-13)14-5-3-2-4-6-14/h2-10,20H,11-12H2,1H3,(H,17,19). The fourth-order valence-corrected chi connectivity index (χ4v) is 1.92. The molecule has 0 aliphatic rings. The Labute approximate surface area is 118 Å². The van der Waals surface area contributed by atoms with Crippen LogP contribution in [0.4, 0.5) is 4.79 Å². The zero-order valence-electron chi connectivity index (χ0n) is 11.4. The van der Waals surface area contributed by atoms with E-state index in [2.05, 4.69) is 41.7 Å². The fraction of sp³-hybridized carbons (Fsp3) is 0.188. The molecular formula is C16H18N2O2. The van der Waals surface area contributed by atoms with Gasteiger partial charge in [-0.25, -0.2) is 9.86 Å². The molecule has 2 rings (SSSR count). The summed E-state index contributed by atoms with van der Waals surface area (Å²) in [6, 6.07) is 17.9. The molecule has 104 valence electrons. The van der Waals surface area contributed by atoms with Crippen LogP contribution in [0.3, 0.4) is 0 Å². The summed E-state index contributed by atoms with van der Waals surface area (Å²) in [7, 11) is 1.30. The van der Waals surface area contributed by atoms with Crippen molar-refractivity contribution in [3.8, 4) is 11.1 Å². The van der Waals surface area contributed by atoms with Crippen LogP contribution in [0, 0.1) is 0 Å². The number of rotatable bonds is 4. The van der Waals surface area contributed by atoms with Crippen LogP contribution in [-0.4, -0.2) is 29.9 Å². The van der Waals surface area contributed by atoms with Gasteiger partial charge in [-0.3, -0.25) is 5.21 Å². The Morgan fingerprint density at radius 2 is 1.65 bits per heavy atom. The molecule has 2 amide bonds. The second-order valence-electron chi connectivity index (χ2n) is 4.57. The molecule has 0 aliphatic heterocycles. The fourth-order valence-electron chi connectivity index (χ4n) is 1.92. The van der Waals surface area contributed by atoms with Gasteiger partial charge in [-0.05, 0) is 23.1 Å². The van der Waals surface area contributed by atoms with Gasteiger partial charge >= 0.3 is 6.03 Å². The number of carbonyl (C=O) groups is 1. The molecule has 2 aromatic carbocycles. The van der Waals surface area contributed by atoms with Gasteiger partial charge in [-0.15, -0.1) is 0 Å². The maximum atomic E-state index is 11.1. The number of benzene rings is 2. The van der Waals surface area contributed by atoms with Crippen LogP contribution in [0.25, 0.3) is 11.1 Å². The first-order valence-corrected chi connectivity index (χ1v) is 6.51. The Morgan fingerprint density at radius 3 is 2.25 bits per heavy atom. The van der Waals surface area contributed by atoms with E-state index < -0.39 is 6.03 Å². The Bertz CT molecular complexity index is 550. The zero-order valence-corrected chi connectivity index (χ0v) is 11.4. The lowest BCUT2D eigenvalue weighted by atomic mass is 10.0. The average molecular weight is 270 g/mol. The van der Waals surface area contributed by atoms with E-state index in [0.29, 0.717) is 11.6 Å². The van der Waals surface area contributed by atoms with Crippen molar-refractivity contribution in [3.63, 3.8) is 0 Å². The van der Waals surface area contributed by atoms with E-state index >= 15 is 0 Å². The molecule has 20 heavy (non-hydrogen) atoms. The minimum atomic E-state index is -0.495. The highest BCUT2D eigenvalue weighted by Gasteiger charge is 2.03. The summed E-state index contributed by atoms with van der Waals surface area (Å²) in [5.74, 6) is 0. The van der Waals surface area contributed by atoms with Crippen LogP contribution >= 0.6 is 0 Å². The molecule has 0 aliphatic carbocycles. The maximum Gasteiger partial charge on any atom is 0.340 e. The quantitative estimate of drug-likeness (QED) is 0.663. The van der Waals surface area contributed by atoms with Gasteiger partial charge in [-0.1, -0.05) is 54.6 Å². The van der Waals surface area contributed by atoms with E-state index in [1.165, 1.54) is 18.2 Å². The topological polar surface area (TPSA) is 52.6 Å². The second-order valence-corrected chi connectivity index (χ2v) is 4.57. The van der Waals surface area contributed by atoms with Gasteiger partial charge in [0.05, 0.1) is 0 Å². The highest BCUT2D eigenvalue weighted by molar-refractivity contribution is 5.72. The van der Waals surface area contributed by atoms with Gasteiger partial charge in [0.1, 0.15) is 0 Å². The summed E-state index contributed by atoms with van der Waals surface area (Å²) in [5, 5.41) is 12.1. The first-order chi connectivity index (χ1) is 9.66. The molecule has 0 unspecified atom stereocenters. The normalized spacial score (nSPS) is 10.1. The molecule has 2 N–H and O–H groups in total. The molecule has 0 spiro atoms. The van der Waals surface area contributed by atoms with Gasteiger partial charge in [0.15, 0.2) is 0 Å². The predicted molar refractivity (Wildman–Crippen MR) is 78.5 cm³/mol. The Balaban J connectivity index is 1.91. The Morgan fingerprint density at radius 1 is 1.05 bits per heavy atom. The van der Waals surface area contributed by atoms with E-state index in [4.69, 9.17) is 5.21 Å². The number of hydrogen-bond donors (Lipinski definition) is 2. The summed E-state index contributed by atoms with van der Waals surface area (Å²) in [6.45, 7) is 0.494. The Kier molecular flexibility index (Phi) is 4.74. The van der Waals surface area contributed by atoms with E-state index in [9.17, 15) is 4.79 Å². The summed E-state index contributed by atoms with van der Waals surface area (Å²) in [6.07, 6.45) is 0.731. The monoisotopic (exact) mass is 270 g/mol. The third kappa shape index (κ3) is 3.83. The third-order valence-electron chi connectivity index (χ3n) is 3.04. The van der Waals surface area contributed by atoms with Crippen LogP contribution in [0.1, 0.15) is 5.56 Å². The van der Waals surface area contributed by atoms with E-state index in [1.807, 2.05) is 18.2 Å². The minimum Gasteiger partial charge on any atom is -0.336 e. The maximum absolute atomic E-state index is 11.1. The third-order valence-corrected chi connectivity index (χ3v) is 3.04. The van der Waals surface area contributed by atoms with Gasteiger partial charge in [0, 0.05) is 13.6 Å². The van der Waals surface area contributed by atoms with Crippen LogP contribution in [0.2, 0.25) is 0 Å². The molecule has 4 nitrogen and oxygen atoms in total. The van der Waals surface area contributed by atoms with E-state index in [-0.39, 0.29) is 0 Å². The van der Waals surface area contributed by atoms with Crippen molar-refractivity contribution >= 4 is 6.03 Å². The first-order valence-electron chi connectivity index (χ1n) is 6.51. The van der Waals surface area contributed by atoms with Crippen LogP contribution < -0.4 is 5.32 Å². The highest BCUT2D eigenvalue weighted by Crippen LogP contribution is 2.19. The van der Waals surface area contributed by atoms with Crippen molar-refractivity contribution in [2.45, 2.75) is 6.42 Å². The summed E-state index contributed by atoms with van der Waals surface area (Å²) >= 11 is 0. The molecular weight excluding hydrogens is 252 g/mol. The van der Waals surface area contributed by atoms with Crippen LogP contribution in [0.5, 0.6) is 0 Å². The molecule has 0 heterocycles. The predicted octanol–water partition coefficient (Wildman–Crippen LogP) is 2.93. The molecule has 0 saturated heterocycles. The number of amides is 2. The van der Waals surface area contributed by atoms with Crippen molar-refractivity contribution < 1.29 is 10.0 Å². The second kappa shape index (κ2) is 6.73. The zero-order chi connectivity index (χ0) is 14.4. The van der Waals surface area contributed by atoms with E-state index in [0.717, 1.165) is 12.0 Å². The largest absolute Gasteiger partial charge is 0.340 e. The molecule has 2 aromatic rings. The smallest absolute Gasteiger partial charge is 0.336 e. The van der Waals surface area contributed by atoms with Gasteiger partial charge in [0.2, 0.25) is 0 Å². The van der Waals surface area contributed by atoms with Gasteiger partial charge in [0.25, 0.3) is 0 Å². The lowest BCUT2D eigenvalue weighted by Gasteiger charge is -2.10. The molecule has 0 aromatic heterocycles. The average Bonchev–Trinajstić information content (AvgIpc) is 2.48. The first kappa shape index (κ1) is 14.1. The summed E-state index contributed by atoms with van der Waals surface area (Å²) in [4.78, 5) is 11.1. The van der Waals surface area contributed by atoms with Crippen molar-refractivity contribution in [2.24, 2.45) is 0 Å². The van der Waals surface area contributed by atoms with E-state index in [1.54, 1.807) is 0 Å². The van der Waals surface area contributed by atoms with Crippen molar-refractivity contribution in [1.29, 1.82) is 0 Å². The Hall–Kier alpha value is -2.33. The van der Waals surface area contributed by atoms with Crippen LogP contribution in [0.15, 0.2) is 54.6 Å². The number of hydrogen-bond acceptors (Lipinski definition) is 2. The molecule has 0 atom stereocenters. The number of nitrogens with one attached hydrogen (secondary N) is 1. The molecule has 0 saturated carbocycles. The number of urea groups is 1. The van der Waals surface area contributed by atoms with Crippen molar-refractivity contribution in [1.82, 2.24) is 10.4 Å². The van der Waals surface area contributed by atoms with Gasteiger partial charge in [-0.2, -0.15) is 0 Å². The molecule has 0 radical (unpaired) electrons. The van der Waals surface area contributed by atoms with Crippen molar-refractivity contribution in [3.05, 3.63) is 60.2 Å².